The van der Waals surface area contributed by atoms with E-state index in [9.17, 15) is 4.79 Å². The minimum Gasteiger partial charge on any atom is -0.280 e. The molecule has 3 rings (SSSR count). The molecule has 0 atom stereocenters. The average molecular weight is 307 g/mol. The van der Waals surface area contributed by atoms with E-state index in [1.807, 2.05) is 29.2 Å². The molecule has 2 aromatic carbocycles. The number of hydrogen-bond acceptors (Lipinski definition) is 1. The summed E-state index contributed by atoms with van der Waals surface area (Å²) in [4.78, 5) is 15.3. The molecule has 2 aromatic rings. The second-order valence-corrected chi connectivity index (χ2v) is 6.58. The molecule has 1 aliphatic rings. The lowest BCUT2D eigenvalue weighted by atomic mass is 9.87. The van der Waals surface area contributed by atoms with E-state index in [0.29, 0.717) is 0 Å². The first-order valence-electron chi connectivity index (χ1n) is 8.63. The van der Waals surface area contributed by atoms with Gasteiger partial charge in [-0.15, -0.1) is 0 Å². The summed E-state index contributed by atoms with van der Waals surface area (Å²) in [5, 5.41) is 0. The fraction of sp³-hybridized carbons (Fsp3) is 0.381. The molecule has 0 saturated heterocycles. The van der Waals surface area contributed by atoms with E-state index in [4.69, 9.17) is 0 Å². The average Bonchev–Trinajstić information content (AvgIpc) is 2.59. The van der Waals surface area contributed by atoms with E-state index >= 15 is 0 Å². The third-order valence-corrected chi connectivity index (χ3v) is 4.89. The van der Waals surface area contributed by atoms with Gasteiger partial charge in [0.2, 0.25) is 5.91 Å². The van der Waals surface area contributed by atoms with Gasteiger partial charge in [-0.3, -0.25) is 9.69 Å². The van der Waals surface area contributed by atoms with Crippen LogP contribution in [0.25, 0.3) is 0 Å². The van der Waals surface area contributed by atoms with E-state index in [1.165, 1.54) is 19.3 Å². The smallest absolute Gasteiger partial charge is 0.234 e. The zero-order valence-electron chi connectivity index (χ0n) is 14.1. The first-order valence-corrected chi connectivity index (χ1v) is 8.63. The van der Waals surface area contributed by atoms with Crippen LogP contribution in [0.1, 0.15) is 43.2 Å². The van der Waals surface area contributed by atoms with Gasteiger partial charge in [0.25, 0.3) is 0 Å². The van der Waals surface area contributed by atoms with Crippen molar-refractivity contribution in [3.63, 3.8) is 0 Å². The van der Waals surface area contributed by atoms with Gasteiger partial charge in [-0.25, -0.2) is 0 Å². The maximum Gasteiger partial charge on any atom is 0.234 e. The van der Waals surface area contributed by atoms with Crippen molar-refractivity contribution in [1.29, 1.82) is 0 Å². The topological polar surface area (TPSA) is 20.3 Å². The monoisotopic (exact) mass is 307 g/mol. The standard InChI is InChI=1S/C21H25NO/c1-16-10-6-8-14-19(16)22(20-15-9-7-11-17(20)2)21(23)18-12-4-3-5-13-18/h6-11,14-15,18H,3-5,12-13H2,1-2H3. The zero-order valence-corrected chi connectivity index (χ0v) is 14.1. The molecular weight excluding hydrogens is 282 g/mol. The number of nitrogens with zero attached hydrogens (tertiary/aromatic N) is 1. The third-order valence-electron chi connectivity index (χ3n) is 4.89. The fourth-order valence-corrected chi connectivity index (χ4v) is 3.53. The second-order valence-electron chi connectivity index (χ2n) is 6.58. The Labute approximate surface area is 139 Å². The van der Waals surface area contributed by atoms with Gasteiger partial charge in [0, 0.05) is 5.92 Å². The van der Waals surface area contributed by atoms with E-state index in [2.05, 4.69) is 38.1 Å². The molecule has 1 fully saturated rings. The maximum absolute atomic E-state index is 13.3. The number of carbonyl (C=O) groups is 1. The Morgan fingerprint density at radius 3 is 1.78 bits per heavy atom. The molecule has 0 aromatic heterocycles. The van der Waals surface area contributed by atoms with Crippen LogP contribution >= 0.6 is 0 Å². The van der Waals surface area contributed by atoms with Crippen LogP contribution in [-0.2, 0) is 4.79 Å². The van der Waals surface area contributed by atoms with Crippen molar-refractivity contribution >= 4 is 17.3 Å². The highest BCUT2D eigenvalue weighted by molar-refractivity contribution is 6.03. The largest absolute Gasteiger partial charge is 0.280 e. The first-order chi connectivity index (χ1) is 11.2. The SMILES string of the molecule is Cc1ccccc1N(C(=O)C1CCCCC1)c1ccccc1C. The molecule has 0 radical (unpaired) electrons. The van der Waals surface area contributed by atoms with Gasteiger partial charge in [-0.2, -0.15) is 0 Å². The summed E-state index contributed by atoms with van der Waals surface area (Å²) in [7, 11) is 0. The molecule has 0 heterocycles. The lowest BCUT2D eigenvalue weighted by molar-refractivity contribution is -0.122. The normalized spacial score (nSPS) is 15.4. The van der Waals surface area contributed by atoms with Crippen LogP contribution in [0, 0.1) is 19.8 Å². The lowest BCUT2D eigenvalue weighted by Gasteiger charge is -2.31. The maximum atomic E-state index is 13.3. The van der Waals surface area contributed by atoms with Crippen molar-refractivity contribution < 1.29 is 4.79 Å². The highest BCUT2D eigenvalue weighted by atomic mass is 16.2. The Bertz CT molecular complexity index is 640. The predicted molar refractivity (Wildman–Crippen MR) is 96.1 cm³/mol. The minimum absolute atomic E-state index is 0.156. The van der Waals surface area contributed by atoms with Crippen molar-refractivity contribution in [3.05, 3.63) is 59.7 Å². The predicted octanol–water partition coefficient (Wildman–Crippen LogP) is 5.55. The minimum atomic E-state index is 0.156. The lowest BCUT2D eigenvalue weighted by Crippen LogP contribution is -2.34. The summed E-state index contributed by atoms with van der Waals surface area (Å²) in [6, 6.07) is 16.4. The van der Waals surface area contributed by atoms with Crippen LogP contribution < -0.4 is 4.90 Å². The number of amides is 1. The number of para-hydroxylation sites is 2. The molecule has 0 spiro atoms. The summed E-state index contributed by atoms with van der Waals surface area (Å²) in [5.41, 5.74) is 4.30. The summed E-state index contributed by atoms with van der Waals surface area (Å²) < 4.78 is 0. The van der Waals surface area contributed by atoms with E-state index < -0.39 is 0 Å². The van der Waals surface area contributed by atoms with Gasteiger partial charge in [0.1, 0.15) is 0 Å². The van der Waals surface area contributed by atoms with Crippen molar-refractivity contribution in [2.45, 2.75) is 46.0 Å². The number of benzene rings is 2. The van der Waals surface area contributed by atoms with Crippen LogP contribution in [-0.4, -0.2) is 5.91 Å². The number of anilines is 2. The van der Waals surface area contributed by atoms with Crippen LogP contribution in [0.4, 0.5) is 11.4 Å². The zero-order chi connectivity index (χ0) is 16.2. The molecular formula is C21H25NO. The molecule has 1 saturated carbocycles. The molecule has 2 heteroatoms. The molecule has 23 heavy (non-hydrogen) atoms. The second kappa shape index (κ2) is 6.99. The van der Waals surface area contributed by atoms with E-state index in [-0.39, 0.29) is 11.8 Å². The number of aryl methyl sites for hydroxylation is 2. The molecule has 0 bridgehead atoms. The molecule has 2 nitrogen and oxygen atoms in total. The van der Waals surface area contributed by atoms with Crippen molar-refractivity contribution in [2.75, 3.05) is 4.90 Å². The number of carbonyl (C=O) groups excluding carboxylic acids is 1. The van der Waals surface area contributed by atoms with Crippen LogP contribution in [0.15, 0.2) is 48.5 Å². The van der Waals surface area contributed by atoms with Crippen molar-refractivity contribution in [3.8, 4) is 0 Å². The number of hydrogen-bond donors (Lipinski definition) is 0. The van der Waals surface area contributed by atoms with Gasteiger partial charge in [-0.1, -0.05) is 55.7 Å². The molecule has 120 valence electrons. The third kappa shape index (κ3) is 3.31. The van der Waals surface area contributed by atoms with E-state index in [0.717, 1.165) is 35.3 Å². The van der Waals surface area contributed by atoms with Crippen molar-refractivity contribution in [2.24, 2.45) is 5.92 Å². The highest BCUT2D eigenvalue weighted by Gasteiger charge is 2.29. The van der Waals surface area contributed by atoms with Crippen LogP contribution in [0.2, 0.25) is 0 Å². The highest BCUT2D eigenvalue weighted by Crippen LogP contribution is 2.35. The Balaban J connectivity index is 2.05. The van der Waals surface area contributed by atoms with Crippen molar-refractivity contribution in [1.82, 2.24) is 0 Å². The molecule has 1 amide bonds. The fourth-order valence-electron chi connectivity index (χ4n) is 3.53. The van der Waals surface area contributed by atoms with Crippen LogP contribution in [0.5, 0.6) is 0 Å². The molecule has 0 N–H and O–H groups in total. The summed E-state index contributed by atoms with van der Waals surface area (Å²) in [6.45, 7) is 4.16. The van der Waals surface area contributed by atoms with Gasteiger partial charge < -0.3 is 0 Å². The Hall–Kier alpha value is -2.09. The Morgan fingerprint density at radius 1 is 0.826 bits per heavy atom. The summed E-state index contributed by atoms with van der Waals surface area (Å²) >= 11 is 0. The first kappa shape index (κ1) is 15.8. The summed E-state index contributed by atoms with van der Waals surface area (Å²) in [6.07, 6.45) is 5.65. The molecule has 0 aliphatic heterocycles. The van der Waals surface area contributed by atoms with Gasteiger partial charge in [-0.05, 0) is 49.9 Å². The molecule has 0 unspecified atom stereocenters. The van der Waals surface area contributed by atoms with Gasteiger partial charge >= 0.3 is 0 Å². The molecule has 1 aliphatic carbocycles. The van der Waals surface area contributed by atoms with Gasteiger partial charge in [0.05, 0.1) is 11.4 Å². The Kier molecular flexibility index (Phi) is 4.80. The quantitative estimate of drug-likeness (QED) is 0.728. The summed E-state index contributed by atoms with van der Waals surface area (Å²) in [5.74, 6) is 0.413. The number of rotatable bonds is 3. The van der Waals surface area contributed by atoms with E-state index in [1.54, 1.807) is 0 Å². The van der Waals surface area contributed by atoms with Gasteiger partial charge in [0.15, 0.2) is 0 Å². The van der Waals surface area contributed by atoms with Crippen LogP contribution in [0.3, 0.4) is 0 Å². The Morgan fingerprint density at radius 2 is 1.30 bits per heavy atom.